The number of guanidine groups is 1. The second kappa shape index (κ2) is 5.21. The highest BCUT2D eigenvalue weighted by atomic mass is 35.5. The summed E-state index contributed by atoms with van der Waals surface area (Å²) in [5.41, 5.74) is 7.22. The van der Waals surface area contributed by atoms with Crippen LogP contribution < -0.4 is 10.6 Å². The summed E-state index contributed by atoms with van der Waals surface area (Å²) in [7, 11) is 0. The number of amides is 1. The number of nitrogens with zero attached hydrogens (tertiary/aromatic N) is 2. The number of benzene rings is 1. The zero-order valence-corrected chi connectivity index (χ0v) is 11.9. The molecule has 0 radical (unpaired) electrons. The summed E-state index contributed by atoms with van der Waals surface area (Å²) < 4.78 is 0. The van der Waals surface area contributed by atoms with Gasteiger partial charge in [0.05, 0.1) is 28.2 Å². The van der Waals surface area contributed by atoms with Crippen LogP contribution >= 0.6 is 11.6 Å². The van der Waals surface area contributed by atoms with Crippen molar-refractivity contribution in [3.8, 4) is 0 Å². The van der Waals surface area contributed by atoms with E-state index in [0.717, 1.165) is 23.4 Å². The van der Waals surface area contributed by atoms with E-state index in [0.29, 0.717) is 22.2 Å². The smallest absolute Gasteiger partial charge is 0.268 e. The first-order valence-electron chi connectivity index (χ1n) is 6.56. The number of nitrogens with two attached hydrogens (primary N) is 1. The van der Waals surface area contributed by atoms with Gasteiger partial charge in [-0.1, -0.05) is 23.7 Å². The molecule has 4 N–H and O–H groups in total. The van der Waals surface area contributed by atoms with Crippen LogP contribution in [0.15, 0.2) is 30.5 Å². The fraction of sp³-hybridized carbons (Fsp3) is 0.214. The lowest BCUT2D eigenvalue weighted by Crippen LogP contribution is -2.41. The van der Waals surface area contributed by atoms with Gasteiger partial charge >= 0.3 is 0 Å². The molecule has 1 aromatic heterocycles. The van der Waals surface area contributed by atoms with Crippen LogP contribution in [0.5, 0.6) is 0 Å². The quantitative estimate of drug-likeness (QED) is 0.600. The Balaban J connectivity index is 2.01. The van der Waals surface area contributed by atoms with Crippen molar-refractivity contribution in [1.82, 2.24) is 10.2 Å². The van der Waals surface area contributed by atoms with E-state index in [1.54, 1.807) is 24.3 Å². The van der Waals surface area contributed by atoms with E-state index in [1.165, 1.54) is 6.20 Å². The van der Waals surface area contributed by atoms with Crippen LogP contribution in [0.4, 0.5) is 5.69 Å². The largest absolute Gasteiger partial charge is 0.369 e. The fourth-order valence-corrected chi connectivity index (χ4v) is 2.47. The molecule has 7 heteroatoms. The molecule has 2 aromatic rings. The van der Waals surface area contributed by atoms with Gasteiger partial charge in [0, 0.05) is 5.92 Å². The molecule has 1 amide bonds. The Morgan fingerprint density at radius 1 is 1.43 bits per heavy atom. The van der Waals surface area contributed by atoms with Crippen molar-refractivity contribution in [2.75, 3.05) is 4.90 Å². The molecule has 1 saturated carbocycles. The first-order valence-corrected chi connectivity index (χ1v) is 6.93. The summed E-state index contributed by atoms with van der Waals surface area (Å²) in [5, 5.41) is 14.9. The molecule has 0 spiro atoms. The van der Waals surface area contributed by atoms with E-state index in [4.69, 9.17) is 22.7 Å². The number of carbonyl (C=O) groups is 1. The summed E-state index contributed by atoms with van der Waals surface area (Å²) in [6, 6.07) is 6.79. The second-order valence-electron chi connectivity index (χ2n) is 4.95. The van der Waals surface area contributed by atoms with Gasteiger partial charge in [0.1, 0.15) is 0 Å². The van der Waals surface area contributed by atoms with Crippen molar-refractivity contribution < 1.29 is 4.79 Å². The van der Waals surface area contributed by atoms with Gasteiger partial charge in [0.2, 0.25) is 0 Å². The molecule has 1 aliphatic rings. The minimum Gasteiger partial charge on any atom is -0.369 e. The zero-order chi connectivity index (χ0) is 15.0. The lowest BCUT2D eigenvalue weighted by molar-refractivity contribution is 0.100. The predicted molar refractivity (Wildman–Crippen MR) is 80.7 cm³/mol. The molecule has 1 aromatic carbocycles. The van der Waals surface area contributed by atoms with Gasteiger partial charge in [-0.25, -0.2) is 4.90 Å². The van der Waals surface area contributed by atoms with Gasteiger partial charge < -0.3 is 5.73 Å². The van der Waals surface area contributed by atoms with Crippen molar-refractivity contribution in [3.63, 3.8) is 0 Å². The Labute approximate surface area is 126 Å². The summed E-state index contributed by atoms with van der Waals surface area (Å²) >= 11 is 6.11. The normalized spacial score (nSPS) is 14.0. The SMILES string of the molecule is N=C(N)N(C(=O)c1cn[nH]c1C1CC1)c1ccccc1Cl. The third-order valence-corrected chi connectivity index (χ3v) is 3.74. The highest BCUT2D eigenvalue weighted by Gasteiger charge is 2.33. The number of hydrogen-bond acceptors (Lipinski definition) is 3. The second-order valence-corrected chi connectivity index (χ2v) is 5.36. The Morgan fingerprint density at radius 3 is 2.76 bits per heavy atom. The number of anilines is 1. The van der Waals surface area contributed by atoms with Crippen LogP contribution in [0, 0.1) is 5.41 Å². The van der Waals surface area contributed by atoms with Crippen molar-refractivity contribution >= 4 is 29.2 Å². The van der Waals surface area contributed by atoms with Gasteiger partial charge in [-0.05, 0) is 25.0 Å². The number of H-pyrrole nitrogens is 1. The molecule has 0 atom stereocenters. The van der Waals surface area contributed by atoms with Gasteiger partial charge in [-0.3, -0.25) is 15.3 Å². The first-order chi connectivity index (χ1) is 10.1. The van der Waals surface area contributed by atoms with Crippen LogP contribution in [-0.4, -0.2) is 22.1 Å². The number of para-hydroxylation sites is 1. The maximum absolute atomic E-state index is 12.7. The Kier molecular flexibility index (Phi) is 3.39. The summed E-state index contributed by atoms with van der Waals surface area (Å²) in [6.07, 6.45) is 3.55. The zero-order valence-electron chi connectivity index (χ0n) is 11.1. The minimum absolute atomic E-state index is 0.339. The lowest BCUT2D eigenvalue weighted by Gasteiger charge is -2.21. The number of nitrogens with one attached hydrogen (secondary N) is 2. The van der Waals surface area contributed by atoms with Crippen LogP contribution in [0.1, 0.15) is 34.8 Å². The summed E-state index contributed by atoms with van der Waals surface area (Å²) in [4.78, 5) is 13.8. The average molecular weight is 304 g/mol. The van der Waals surface area contributed by atoms with Gasteiger partial charge in [0.25, 0.3) is 5.91 Å². The average Bonchev–Trinajstić information content (AvgIpc) is 3.18. The van der Waals surface area contributed by atoms with Crippen LogP contribution in [0.2, 0.25) is 5.02 Å². The molecule has 0 unspecified atom stereocenters. The maximum atomic E-state index is 12.7. The van der Waals surface area contributed by atoms with E-state index in [-0.39, 0.29) is 5.96 Å². The number of carbonyl (C=O) groups excluding carboxylic acids is 1. The van der Waals surface area contributed by atoms with E-state index in [9.17, 15) is 4.79 Å². The third-order valence-electron chi connectivity index (χ3n) is 3.42. The molecule has 108 valence electrons. The van der Waals surface area contributed by atoms with E-state index >= 15 is 0 Å². The fourth-order valence-electron chi connectivity index (χ4n) is 2.25. The Bertz CT molecular complexity index is 707. The Morgan fingerprint density at radius 2 is 2.14 bits per heavy atom. The third kappa shape index (κ3) is 2.50. The molecule has 0 aliphatic heterocycles. The molecule has 1 fully saturated rings. The monoisotopic (exact) mass is 303 g/mol. The topological polar surface area (TPSA) is 98.9 Å². The molecule has 1 aliphatic carbocycles. The molecule has 0 saturated heterocycles. The van der Waals surface area contributed by atoms with Gasteiger partial charge in [-0.2, -0.15) is 5.10 Å². The molecular formula is C14H14ClN5O. The van der Waals surface area contributed by atoms with Crippen LogP contribution in [0.25, 0.3) is 0 Å². The molecular weight excluding hydrogens is 290 g/mol. The van der Waals surface area contributed by atoms with E-state index < -0.39 is 5.91 Å². The number of aromatic amines is 1. The van der Waals surface area contributed by atoms with Crippen LogP contribution in [0.3, 0.4) is 0 Å². The highest BCUT2D eigenvalue weighted by Crippen LogP contribution is 2.41. The first kappa shape index (κ1) is 13.6. The molecule has 3 rings (SSSR count). The molecule has 6 nitrogen and oxygen atoms in total. The van der Waals surface area contributed by atoms with Crippen molar-refractivity contribution in [2.45, 2.75) is 18.8 Å². The molecule has 21 heavy (non-hydrogen) atoms. The minimum atomic E-state index is -0.397. The van der Waals surface area contributed by atoms with Crippen molar-refractivity contribution in [3.05, 3.63) is 46.7 Å². The maximum Gasteiger partial charge on any atom is 0.268 e. The standard InChI is InChI=1S/C14H14ClN5O/c15-10-3-1-2-4-11(10)20(14(16)17)13(21)9-7-18-19-12(9)8-5-6-8/h1-4,7-8H,5-6H2,(H3,16,17)(H,18,19). The molecule has 0 bridgehead atoms. The highest BCUT2D eigenvalue weighted by molar-refractivity contribution is 6.35. The summed E-state index contributed by atoms with van der Waals surface area (Å²) in [6.45, 7) is 0. The Hall–Kier alpha value is -2.34. The van der Waals surface area contributed by atoms with Crippen LogP contribution in [-0.2, 0) is 0 Å². The number of aromatic nitrogens is 2. The number of halogens is 1. The molecule has 1 heterocycles. The lowest BCUT2D eigenvalue weighted by atomic mass is 10.1. The van der Waals surface area contributed by atoms with Gasteiger partial charge in [0.15, 0.2) is 5.96 Å². The predicted octanol–water partition coefficient (Wildman–Crippen LogP) is 2.48. The van der Waals surface area contributed by atoms with E-state index in [2.05, 4.69) is 10.2 Å². The van der Waals surface area contributed by atoms with E-state index in [1.807, 2.05) is 0 Å². The summed E-state index contributed by atoms with van der Waals surface area (Å²) in [5.74, 6) is -0.436. The number of rotatable bonds is 3. The van der Waals surface area contributed by atoms with Gasteiger partial charge in [-0.15, -0.1) is 0 Å². The number of hydrogen-bond donors (Lipinski definition) is 3. The van der Waals surface area contributed by atoms with Crippen molar-refractivity contribution in [2.24, 2.45) is 5.73 Å². The van der Waals surface area contributed by atoms with Crippen molar-refractivity contribution in [1.29, 1.82) is 5.41 Å².